The Morgan fingerprint density at radius 3 is 2.11 bits per heavy atom. The molecule has 238 valence electrons. The van der Waals surface area contributed by atoms with Gasteiger partial charge in [-0.05, 0) is 56.2 Å². The maximum Gasteiger partial charge on any atom is 0.416 e. The number of likely N-dealkylation sites (N-methyl/N-ethyl adjacent to an activating group) is 1. The normalized spacial score (nSPS) is 17.7. The third-order valence-electron chi connectivity index (χ3n) is 7.91. The van der Waals surface area contributed by atoms with Crippen molar-refractivity contribution in [3.63, 3.8) is 0 Å². The molecule has 3 aromatic rings. The van der Waals surface area contributed by atoms with Crippen LogP contribution in [0.1, 0.15) is 37.0 Å². The molecule has 0 unspecified atom stereocenters. The molecule has 0 bridgehead atoms. The van der Waals surface area contributed by atoms with E-state index in [2.05, 4.69) is 4.98 Å². The zero-order chi connectivity index (χ0) is 32.6. The molecule has 1 aliphatic heterocycles. The fourth-order valence-electron chi connectivity index (χ4n) is 5.40. The molecule has 2 aromatic carbocycles. The number of amides is 1. The minimum Gasteiger partial charge on any atom is -0.383 e. The summed E-state index contributed by atoms with van der Waals surface area (Å²) >= 11 is 6.57. The van der Waals surface area contributed by atoms with Crippen molar-refractivity contribution in [2.75, 3.05) is 44.2 Å². The van der Waals surface area contributed by atoms with E-state index in [1.807, 2.05) is 4.90 Å². The highest BCUT2D eigenvalue weighted by Gasteiger charge is 2.41. The topological polar surface area (TPSA) is 54.9 Å². The summed E-state index contributed by atoms with van der Waals surface area (Å²) in [5.74, 6) is -0.205. The van der Waals surface area contributed by atoms with E-state index in [1.54, 1.807) is 44.6 Å². The maximum atomic E-state index is 14.0. The van der Waals surface area contributed by atoms with Crippen LogP contribution in [-0.2, 0) is 32.0 Å². The summed E-state index contributed by atoms with van der Waals surface area (Å²) < 4.78 is 92.6. The van der Waals surface area contributed by atoms with Crippen LogP contribution in [0.2, 0.25) is 5.02 Å². The van der Waals surface area contributed by atoms with Crippen molar-refractivity contribution in [3.8, 4) is 11.1 Å². The fraction of sp³-hybridized carbons (Fsp3) is 0.419. The lowest BCUT2D eigenvalue weighted by Gasteiger charge is -2.32. The van der Waals surface area contributed by atoms with Crippen molar-refractivity contribution in [3.05, 3.63) is 76.4 Å². The van der Waals surface area contributed by atoms with Crippen LogP contribution in [0.5, 0.6) is 0 Å². The van der Waals surface area contributed by atoms with E-state index in [0.717, 1.165) is 0 Å². The summed E-state index contributed by atoms with van der Waals surface area (Å²) in [4.78, 5) is 21.8. The van der Waals surface area contributed by atoms with Crippen LogP contribution in [0.4, 0.5) is 37.8 Å². The second kappa shape index (κ2) is 12.6. The second-order valence-electron chi connectivity index (χ2n) is 11.2. The Morgan fingerprint density at radius 2 is 1.57 bits per heavy atom. The molecule has 0 aliphatic carbocycles. The lowest BCUT2D eigenvalue weighted by Crippen LogP contribution is -2.42. The Bertz CT molecular complexity index is 1480. The van der Waals surface area contributed by atoms with E-state index in [4.69, 9.17) is 21.1 Å². The van der Waals surface area contributed by atoms with E-state index >= 15 is 0 Å². The van der Waals surface area contributed by atoms with Gasteiger partial charge in [0.15, 0.2) is 0 Å². The number of carbonyl (C=O) groups is 1. The molecule has 1 amide bonds. The average molecular weight is 644 g/mol. The zero-order valence-electron chi connectivity index (χ0n) is 24.7. The molecule has 1 fully saturated rings. The van der Waals surface area contributed by atoms with Gasteiger partial charge in [-0.3, -0.25) is 4.79 Å². The average Bonchev–Trinajstić information content (AvgIpc) is 3.38. The smallest absolute Gasteiger partial charge is 0.383 e. The molecule has 0 saturated carbocycles. The Kier molecular flexibility index (Phi) is 9.58. The van der Waals surface area contributed by atoms with Gasteiger partial charge in [-0.2, -0.15) is 26.3 Å². The number of ether oxygens (including phenoxy) is 2. The summed E-state index contributed by atoms with van der Waals surface area (Å²) in [6.45, 7) is 3.50. The third kappa shape index (κ3) is 6.82. The SMILES string of the molecule is COC[C@@H]1C[C@@H](OC)CN1c1cc(-c2ccccc2Cl)c(N(C)C(=O)C(C)(C)c2cc(C(F)(F)F)cc(C(F)(F)F)c2)cn1. The van der Waals surface area contributed by atoms with Gasteiger partial charge in [0.2, 0.25) is 5.91 Å². The first-order valence-corrected chi connectivity index (χ1v) is 14.0. The minimum atomic E-state index is -5.06. The van der Waals surface area contributed by atoms with E-state index < -0.39 is 40.4 Å². The lowest BCUT2D eigenvalue weighted by atomic mass is 9.81. The van der Waals surface area contributed by atoms with Crippen molar-refractivity contribution in [1.29, 1.82) is 0 Å². The van der Waals surface area contributed by atoms with Crippen molar-refractivity contribution in [2.24, 2.45) is 0 Å². The molecule has 0 radical (unpaired) electrons. The zero-order valence-corrected chi connectivity index (χ0v) is 25.4. The third-order valence-corrected chi connectivity index (χ3v) is 8.23. The molecule has 0 N–H and O–H groups in total. The predicted molar refractivity (Wildman–Crippen MR) is 156 cm³/mol. The number of aromatic nitrogens is 1. The lowest BCUT2D eigenvalue weighted by molar-refractivity contribution is -0.143. The summed E-state index contributed by atoms with van der Waals surface area (Å²) in [5, 5.41) is 0.364. The number of alkyl halides is 6. The van der Waals surface area contributed by atoms with Gasteiger partial charge in [-0.25, -0.2) is 4.98 Å². The van der Waals surface area contributed by atoms with Crippen LogP contribution in [0.15, 0.2) is 54.7 Å². The quantitative estimate of drug-likeness (QED) is 0.237. The first-order chi connectivity index (χ1) is 20.5. The number of halogens is 7. The van der Waals surface area contributed by atoms with Gasteiger partial charge in [-0.1, -0.05) is 29.8 Å². The molecular weight excluding hydrogens is 612 g/mol. The van der Waals surface area contributed by atoms with Gasteiger partial charge in [0.1, 0.15) is 5.82 Å². The summed E-state index contributed by atoms with van der Waals surface area (Å²) in [5.41, 5.74) is -3.95. The number of methoxy groups -OCH3 is 2. The van der Waals surface area contributed by atoms with Gasteiger partial charge in [0.25, 0.3) is 0 Å². The number of hydrogen-bond donors (Lipinski definition) is 0. The molecule has 1 aromatic heterocycles. The number of anilines is 2. The highest BCUT2D eigenvalue weighted by molar-refractivity contribution is 6.33. The number of nitrogens with zero attached hydrogens (tertiary/aromatic N) is 3. The summed E-state index contributed by atoms with van der Waals surface area (Å²) in [6.07, 6.45) is -8.05. The molecule has 2 heterocycles. The van der Waals surface area contributed by atoms with Gasteiger partial charge in [-0.15, -0.1) is 0 Å². The molecule has 4 rings (SSSR count). The molecule has 44 heavy (non-hydrogen) atoms. The number of carbonyl (C=O) groups excluding carboxylic acids is 1. The van der Waals surface area contributed by atoms with Crippen LogP contribution in [-0.4, -0.2) is 57.5 Å². The molecule has 13 heteroatoms. The Balaban J connectivity index is 1.82. The van der Waals surface area contributed by atoms with E-state index in [9.17, 15) is 31.1 Å². The first-order valence-electron chi connectivity index (χ1n) is 13.6. The van der Waals surface area contributed by atoms with Crippen LogP contribution >= 0.6 is 11.6 Å². The summed E-state index contributed by atoms with van der Waals surface area (Å²) in [6, 6.07) is 9.78. The van der Waals surface area contributed by atoms with Crippen molar-refractivity contribution < 1.29 is 40.6 Å². The molecule has 1 aliphatic rings. The molecule has 6 nitrogen and oxygen atoms in total. The Labute approximate surface area is 256 Å². The van der Waals surface area contributed by atoms with Crippen molar-refractivity contribution >= 4 is 29.0 Å². The maximum absolute atomic E-state index is 14.0. The van der Waals surface area contributed by atoms with E-state index in [1.165, 1.54) is 32.0 Å². The van der Waals surface area contributed by atoms with Gasteiger partial charge in [0.05, 0.1) is 47.2 Å². The van der Waals surface area contributed by atoms with Crippen LogP contribution in [0.25, 0.3) is 11.1 Å². The van der Waals surface area contributed by atoms with Crippen LogP contribution < -0.4 is 9.80 Å². The molecule has 1 saturated heterocycles. The van der Waals surface area contributed by atoms with Gasteiger partial charge < -0.3 is 19.3 Å². The van der Waals surface area contributed by atoms with Gasteiger partial charge >= 0.3 is 12.4 Å². The van der Waals surface area contributed by atoms with Crippen molar-refractivity contribution in [2.45, 2.75) is 50.2 Å². The standard InChI is InChI=1S/C31H32ClF6N3O3/c1-29(2,18-10-19(30(33,34)35)12-20(11-18)31(36,37)38)28(42)40(3)26-15-39-27(14-24(26)23-8-6-7-9-25(23)32)41-16-22(44-5)13-21(41)17-43-4/h6-12,14-15,21-22H,13,16-17H2,1-5H3/t21-,22+/m0/s1. The monoisotopic (exact) mass is 643 g/mol. The number of hydrogen-bond acceptors (Lipinski definition) is 5. The van der Waals surface area contributed by atoms with E-state index in [0.29, 0.717) is 53.7 Å². The first kappa shape index (κ1) is 33.5. The van der Waals surface area contributed by atoms with E-state index in [-0.39, 0.29) is 23.9 Å². The highest BCUT2D eigenvalue weighted by atomic mass is 35.5. The number of pyridine rings is 1. The summed E-state index contributed by atoms with van der Waals surface area (Å²) in [7, 11) is 4.60. The number of rotatable bonds is 8. The largest absolute Gasteiger partial charge is 0.416 e. The fourth-order valence-corrected chi connectivity index (χ4v) is 5.64. The number of benzene rings is 2. The highest BCUT2D eigenvalue weighted by Crippen LogP contribution is 2.42. The Morgan fingerprint density at radius 1 is 0.977 bits per heavy atom. The van der Waals surface area contributed by atoms with Crippen LogP contribution in [0.3, 0.4) is 0 Å². The predicted octanol–water partition coefficient (Wildman–Crippen LogP) is 7.62. The second-order valence-corrected chi connectivity index (χ2v) is 11.6. The van der Waals surface area contributed by atoms with Crippen molar-refractivity contribution in [1.82, 2.24) is 4.98 Å². The van der Waals surface area contributed by atoms with Gasteiger partial charge in [0, 0.05) is 44.0 Å². The molecular formula is C31H32ClF6N3O3. The van der Waals surface area contributed by atoms with Crippen LogP contribution in [0, 0.1) is 0 Å². The molecule has 2 atom stereocenters. The molecule has 0 spiro atoms. The minimum absolute atomic E-state index is 0.0370. The Hall–Kier alpha value is -3.35.